The summed E-state index contributed by atoms with van der Waals surface area (Å²) in [6, 6.07) is 2.51. The minimum atomic E-state index is -0.417. The maximum Gasteiger partial charge on any atom is 0.126 e. The molecule has 0 aliphatic heterocycles. The van der Waals surface area contributed by atoms with Gasteiger partial charge in [0.2, 0.25) is 0 Å². The molecule has 0 bridgehead atoms. The lowest BCUT2D eigenvalue weighted by Gasteiger charge is -2.09. The summed E-state index contributed by atoms with van der Waals surface area (Å²) < 4.78 is 12.9. The first-order chi connectivity index (χ1) is 7.15. The molecule has 0 saturated carbocycles. The summed E-state index contributed by atoms with van der Waals surface area (Å²) in [6.07, 6.45) is 3.07. The van der Waals surface area contributed by atoms with Crippen molar-refractivity contribution >= 4 is 40.7 Å². The number of anilines is 1. The molecule has 0 aliphatic carbocycles. The second-order valence-corrected chi connectivity index (χ2v) is 4.82. The molecule has 0 heterocycles. The lowest BCUT2D eigenvalue weighted by atomic mass is 10.3. The Hall–Kier alpha value is -0.120. The van der Waals surface area contributed by atoms with E-state index in [0.717, 1.165) is 18.7 Å². The van der Waals surface area contributed by atoms with Crippen molar-refractivity contribution in [3.05, 3.63) is 28.0 Å². The third-order valence-corrected chi connectivity index (χ3v) is 3.13. The molecule has 0 radical (unpaired) electrons. The number of hydrogen-bond acceptors (Lipinski definition) is 2. The van der Waals surface area contributed by atoms with Gasteiger partial charge in [0.15, 0.2) is 0 Å². The third-order valence-electron chi connectivity index (χ3n) is 1.83. The largest absolute Gasteiger partial charge is 0.383 e. The Morgan fingerprint density at radius 1 is 1.33 bits per heavy atom. The van der Waals surface area contributed by atoms with Gasteiger partial charge in [-0.3, -0.25) is 0 Å². The van der Waals surface area contributed by atoms with Crippen molar-refractivity contribution in [2.75, 3.05) is 23.9 Å². The molecule has 0 unspecified atom stereocenters. The van der Waals surface area contributed by atoms with Gasteiger partial charge in [0.25, 0.3) is 0 Å². The molecule has 84 valence electrons. The highest BCUT2D eigenvalue weighted by molar-refractivity contribution is 7.98. The minimum Gasteiger partial charge on any atom is -0.383 e. The third kappa shape index (κ3) is 4.09. The van der Waals surface area contributed by atoms with Gasteiger partial charge in [-0.05, 0) is 30.6 Å². The molecule has 15 heavy (non-hydrogen) atoms. The zero-order valence-electron chi connectivity index (χ0n) is 8.32. The minimum absolute atomic E-state index is 0.323. The quantitative estimate of drug-likeness (QED) is 0.799. The summed E-state index contributed by atoms with van der Waals surface area (Å²) in [5.74, 6) is 0.656. The first-order valence-corrected chi connectivity index (χ1v) is 6.67. The first kappa shape index (κ1) is 12.9. The van der Waals surface area contributed by atoms with E-state index in [2.05, 4.69) is 11.6 Å². The van der Waals surface area contributed by atoms with E-state index in [0.29, 0.717) is 15.7 Å². The van der Waals surface area contributed by atoms with Gasteiger partial charge in [-0.25, -0.2) is 4.39 Å². The molecular weight excluding hydrogens is 256 g/mol. The Bertz CT molecular complexity index is 310. The Kier molecular flexibility index (Phi) is 5.58. The molecule has 0 aliphatic rings. The fourth-order valence-corrected chi connectivity index (χ4v) is 2.17. The van der Waals surface area contributed by atoms with E-state index in [1.807, 2.05) is 0 Å². The summed E-state index contributed by atoms with van der Waals surface area (Å²) in [4.78, 5) is 0. The Morgan fingerprint density at radius 3 is 2.47 bits per heavy atom. The Morgan fingerprint density at radius 2 is 1.93 bits per heavy atom. The van der Waals surface area contributed by atoms with Crippen LogP contribution in [0.15, 0.2) is 12.1 Å². The van der Waals surface area contributed by atoms with E-state index in [1.54, 1.807) is 11.8 Å². The second-order valence-electron chi connectivity index (χ2n) is 3.02. The standard InChI is InChI=1S/C10H12Cl2FNS/c1-15-4-2-3-14-10-8(11)5-7(13)6-9(10)12/h5-6,14H,2-4H2,1H3. The van der Waals surface area contributed by atoms with Crippen molar-refractivity contribution in [3.8, 4) is 0 Å². The Labute approximate surface area is 103 Å². The molecule has 1 aromatic rings. The topological polar surface area (TPSA) is 12.0 Å². The van der Waals surface area contributed by atoms with Crippen LogP contribution >= 0.6 is 35.0 Å². The van der Waals surface area contributed by atoms with Gasteiger partial charge in [-0.2, -0.15) is 11.8 Å². The first-order valence-electron chi connectivity index (χ1n) is 4.52. The summed E-state index contributed by atoms with van der Waals surface area (Å²) >= 11 is 13.5. The van der Waals surface area contributed by atoms with E-state index in [-0.39, 0.29) is 0 Å². The fraction of sp³-hybridized carbons (Fsp3) is 0.400. The number of thioether (sulfide) groups is 1. The predicted molar refractivity (Wildman–Crippen MR) is 67.9 cm³/mol. The highest BCUT2D eigenvalue weighted by atomic mass is 35.5. The molecule has 1 N–H and O–H groups in total. The second kappa shape index (κ2) is 6.46. The lowest BCUT2D eigenvalue weighted by molar-refractivity contribution is 0.628. The van der Waals surface area contributed by atoms with Crippen LogP contribution in [0.4, 0.5) is 10.1 Å². The molecule has 0 atom stereocenters. The molecule has 0 amide bonds. The van der Waals surface area contributed by atoms with Crippen LogP contribution in [0.5, 0.6) is 0 Å². The maximum absolute atomic E-state index is 12.9. The monoisotopic (exact) mass is 267 g/mol. The fourth-order valence-electron chi connectivity index (χ4n) is 1.14. The normalized spacial score (nSPS) is 10.4. The zero-order chi connectivity index (χ0) is 11.3. The average Bonchev–Trinajstić information content (AvgIpc) is 2.15. The van der Waals surface area contributed by atoms with Crippen LogP contribution in [0.1, 0.15) is 6.42 Å². The molecule has 5 heteroatoms. The number of nitrogens with one attached hydrogen (secondary N) is 1. The molecule has 1 nitrogen and oxygen atoms in total. The smallest absolute Gasteiger partial charge is 0.126 e. The lowest BCUT2D eigenvalue weighted by Crippen LogP contribution is -2.03. The van der Waals surface area contributed by atoms with E-state index < -0.39 is 5.82 Å². The van der Waals surface area contributed by atoms with E-state index in [4.69, 9.17) is 23.2 Å². The number of benzene rings is 1. The summed E-state index contributed by atoms with van der Waals surface area (Å²) in [5.41, 5.74) is 0.612. The van der Waals surface area contributed by atoms with Crippen LogP contribution in [0.25, 0.3) is 0 Å². The van der Waals surface area contributed by atoms with Crippen LogP contribution < -0.4 is 5.32 Å². The zero-order valence-corrected chi connectivity index (χ0v) is 10.6. The van der Waals surface area contributed by atoms with Gasteiger partial charge in [0, 0.05) is 6.54 Å². The van der Waals surface area contributed by atoms with Gasteiger partial charge in [0.1, 0.15) is 5.82 Å². The van der Waals surface area contributed by atoms with Gasteiger partial charge in [0.05, 0.1) is 15.7 Å². The van der Waals surface area contributed by atoms with Gasteiger partial charge in [-0.15, -0.1) is 0 Å². The van der Waals surface area contributed by atoms with Crippen LogP contribution in [0.2, 0.25) is 10.0 Å². The van der Waals surface area contributed by atoms with Crippen LogP contribution in [-0.2, 0) is 0 Å². The van der Waals surface area contributed by atoms with Crippen LogP contribution in [0, 0.1) is 5.82 Å². The highest BCUT2D eigenvalue weighted by Gasteiger charge is 2.07. The maximum atomic E-state index is 12.9. The van der Waals surface area contributed by atoms with E-state index in [9.17, 15) is 4.39 Å². The molecule has 0 spiro atoms. The summed E-state index contributed by atoms with van der Waals surface area (Å²) in [6.45, 7) is 0.784. The molecule has 1 aromatic carbocycles. The van der Waals surface area contributed by atoms with Crippen molar-refractivity contribution in [2.24, 2.45) is 0 Å². The van der Waals surface area contributed by atoms with Gasteiger partial charge in [-0.1, -0.05) is 23.2 Å². The molecule has 1 rings (SSSR count). The predicted octanol–water partition coefficient (Wildman–Crippen LogP) is 4.30. The molecular formula is C10H12Cl2FNS. The van der Waals surface area contributed by atoms with Crippen molar-refractivity contribution in [2.45, 2.75) is 6.42 Å². The molecule has 0 fully saturated rings. The average molecular weight is 268 g/mol. The number of hydrogen-bond donors (Lipinski definition) is 1. The van der Waals surface area contributed by atoms with Crippen molar-refractivity contribution in [1.82, 2.24) is 0 Å². The highest BCUT2D eigenvalue weighted by Crippen LogP contribution is 2.31. The van der Waals surface area contributed by atoms with Gasteiger partial charge >= 0.3 is 0 Å². The molecule has 0 saturated heterocycles. The summed E-state index contributed by atoms with van der Waals surface area (Å²) in [7, 11) is 0. The van der Waals surface area contributed by atoms with E-state index >= 15 is 0 Å². The van der Waals surface area contributed by atoms with Crippen molar-refractivity contribution in [3.63, 3.8) is 0 Å². The Balaban J connectivity index is 2.60. The summed E-state index contributed by atoms with van der Waals surface area (Å²) in [5, 5.41) is 3.75. The van der Waals surface area contributed by atoms with Gasteiger partial charge < -0.3 is 5.32 Å². The van der Waals surface area contributed by atoms with E-state index in [1.165, 1.54) is 12.1 Å². The number of halogens is 3. The SMILES string of the molecule is CSCCCNc1c(Cl)cc(F)cc1Cl. The van der Waals surface area contributed by atoms with Crippen molar-refractivity contribution < 1.29 is 4.39 Å². The van der Waals surface area contributed by atoms with Crippen LogP contribution in [-0.4, -0.2) is 18.6 Å². The number of rotatable bonds is 5. The molecule has 0 aromatic heterocycles. The van der Waals surface area contributed by atoms with Crippen molar-refractivity contribution in [1.29, 1.82) is 0 Å². The van der Waals surface area contributed by atoms with Crippen LogP contribution in [0.3, 0.4) is 0 Å².